The van der Waals surface area contributed by atoms with Crippen molar-refractivity contribution in [2.24, 2.45) is 0 Å². The molecule has 0 aromatic heterocycles. The van der Waals surface area contributed by atoms with Crippen molar-refractivity contribution < 1.29 is 9.59 Å². The van der Waals surface area contributed by atoms with Crippen molar-refractivity contribution in [2.45, 2.75) is 6.04 Å². The van der Waals surface area contributed by atoms with Crippen LogP contribution in [0.1, 0.15) is 11.6 Å². The molecule has 5 nitrogen and oxygen atoms in total. The molecule has 0 spiro atoms. The second-order valence-electron chi connectivity index (χ2n) is 4.50. The van der Waals surface area contributed by atoms with E-state index in [-0.39, 0.29) is 24.4 Å². The van der Waals surface area contributed by atoms with Crippen molar-refractivity contribution in [1.29, 1.82) is 0 Å². The van der Waals surface area contributed by atoms with Crippen LogP contribution < -0.4 is 10.6 Å². The van der Waals surface area contributed by atoms with Crippen molar-refractivity contribution in [3.8, 4) is 0 Å². The van der Waals surface area contributed by atoms with Gasteiger partial charge in [0.2, 0.25) is 11.8 Å². The van der Waals surface area contributed by atoms with Gasteiger partial charge in [0, 0.05) is 40.4 Å². The lowest BCUT2D eigenvalue weighted by Gasteiger charge is -2.23. The third-order valence-electron chi connectivity index (χ3n) is 3.23. The van der Waals surface area contributed by atoms with E-state index in [2.05, 4.69) is 36.1 Å². The summed E-state index contributed by atoms with van der Waals surface area (Å²) in [4.78, 5) is 23.6. The molecule has 0 saturated heterocycles. The largest absolute Gasteiger partial charge is 0.358 e. The van der Waals surface area contributed by atoms with E-state index >= 15 is 0 Å². The van der Waals surface area contributed by atoms with E-state index < -0.39 is 0 Å². The van der Waals surface area contributed by atoms with Gasteiger partial charge in [-0.25, -0.2) is 4.31 Å². The average molecular weight is 417 g/mol. The van der Waals surface area contributed by atoms with Gasteiger partial charge >= 0.3 is 0 Å². The Morgan fingerprint density at radius 1 is 1.38 bits per heavy atom. The summed E-state index contributed by atoms with van der Waals surface area (Å²) in [6.07, 6.45) is 1.92. The van der Waals surface area contributed by atoms with Crippen LogP contribution in [0.25, 0.3) is 0 Å². The first-order chi connectivity index (χ1) is 10.2. The molecule has 0 bridgehead atoms. The lowest BCUT2D eigenvalue weighted by Crippen LogP contribution is -2.37. The first-order valence-corrected chi connectivity index (χ1v) is 9.78. The van der Waals surface area contributed by atoms with Gasteiger partial charge in [0.15, 0.2) is 0 Å². The molecule has 0 saturated carbocycles. The third-order valence-corrected chi connectivity index (χ3v) is 5.28. The van der Waals surface area contributed by atoms with Crippen molar-refractivity contribution in [3.63, 3.8) is 0 Å². The lowest BCUT2D eigenvalue weighted by atomic mass is 10.0. The number of hydrogen-bond donors (Lipinski definition) is 2. The molecule has 1 atom stereocenters. The molecular weight excluding hydrogens is 401 g/mol. The Labute approximate surface area is 140 Å². The Kier molecular flexibility index (Phi) is 6.07. The van der Waals surface area contributed by atoms with E-state index in [9.17, 15) is 9.59 Å². The highest BCUT2D eigenvalue weighted by molar-refractivity contribution is 14.2. The van der Waals surface area contributed by atoms with Gasteiger partial charge in [-0.3, -0.25) is 9.59 Å². The molecule has 2 rings (SSSR count). The maximum atomic E-state index is 12.3. The second-order valence-corrected chi connectivity index (χ2v) is 6.29. The number of nitrogens with zero attached hydrogens (tertiary/aromatic N) is 1. The minimum atomic E-state index is -0.210. The van der Waals surface area contributed by atoms with Gasteiger partial charge in [-0.05, 0) is 14.7 Å². The number of amides is 2. The van der Waals surface area contributed by atoms with Crippen LogP contribution in [0.15, 0.2) is 42.0 Å². The number of benzene rings is 1. The zero-order valence-corrected chi connectivity index (χ0v) is 14.5. The Morgan fingerprint density at radius 2 is 2.10 bits per heavy atom. The molecule has 21 heavy (non-hydrogen) atoms. The van der Waals surface area contributed by atoms with Crippen LogP contribution in [-0.2, 0) is 9.59 Å². The quantitative estimate of drug-likeness (QED) is 0.567. The number of likely N-dealkylation sites (N-methyl/N-ethyl adjacent to an activating group) is 1. The minimum absolute atomic E-state index is 0.00837. The molecule has 7 heteroatoms. The summed E-state index contributed by atoms with van der Waals surface area (Å²) in [5.41, 5.74) is 1.76. The summed E-state index contributed by atoms with van der Waals surface area (Å²) in [5.74, 6) is -0.404. The van der Waals surface area contributed by atoms with Crippen molar-refractivity contribution in [1.82, 2.24) is 14.9 Å². The van der Waals surface area contributed by atoms with Crippen molar-refractivity contribution >= 4 is 42.1 Å². The molecule has 2 amide bonds. The number of halogens is 1. The van der Waals surface area contributed by atoms with Crippen LogP contribution in [0.4, 0.5) is 0 Å². The minimum Gasteiger partial charge on any atom is -0.358 e. The molecular formula is C14H16IN3O2S. The fourth-order valence-corrected chi connectivity index (χ4v) is 3.79. The molecule has 112 valence electrons. The Balaban J connectivity index is 2.14. The molecule has 2 N–H and O–H groups in total. The number of nitrogens with one attached hydrogen (secondary N) is 2. The van der Waals surface area contributed by atoms with E-state index in [4.69, 9.17) is 0 Å². The fourth-order valence-electron chi connectivity index (χ4n) is 2.18. The predicted molar refractivity (Wildman–Crippen MR) is 92.7 cm³/mol. The van der Waals surface area contributed by atoms with Crippen LogP contribution in [0.5, 0.6) is 0 Å². The standard InChI is InChI=1S/C14H16IN3O2S/c1-16-12(19)9-17-14(20)11-7-8-18(21-15)13(11)10-5-3-2-4-6-10/h2-7,13H,8-9H2,1H3,(H,16,19)(H,17,20). The zero-order chi connectivity index (χ0) is 15.2. The van der Waals surface area contributed by atoms with Gasteiger partial charge in [-0.2, -0.15) is 0 Å². The zero-order valence-electron chi connectivity index (χ0n) is 11.5. The van der Waals surface area contributed by atoms with Crippen LogP contribution in [0, 0.1) is 0 Å². The van der Waals surface area contributed by atoms with Crippen LogP contribution in [0.2, 0.25) is 0 Å². The number of carbonyl (C=O) groups is 2. The van der Waals surface area contributed by atoms with Gasteiger partial charge in [-0.1, -0.05) is 36.4 Å². The Morgan fingerprint density at radius 3 is 2.71 bits per heavy atom. The van der Waals surface area contributed by atoms with E-state index in [0.29, 0.717) is 12.1 Å². The van der Waals surface area contributed by atoms with Crippen molar-refractivity contribution in [3.05, 3.63) is 47.5 Å². The summed E-state index contributed by atoms with van der Waals surface area (Å²) in [7, 11) is 3.12. The number of carbonyl (C=O) groups excluding carboxylic acids is 2. The first-order valence-electron chi connectivity index (χ1n) is 6.46. The number of hydrogen-bond acceptors (Lipinski definition) is 4. The maximum absolute atomic E-state index is 12.3. The average Bonchev–Trinajstić information content (AvgIpc) is 2.97. The summed E-state index contributed by atoms with van der Waals surface area (Å²) in [6, 6.07) is 9.81. The molecule has 1 unspecified atom stereocenters. The van der Waals surface area contributed by atoms with E-state index in [1.54, 1.807) is 16.2 Å². The Bertz CT molecular complexity index is 550. The van der Waals surface area contributed by atoms with Crippen LogP contribution in [0.3, 0.4) is 0 Å². The van der Waals surface area contributed by atoms with Gasteiger partial charge < -0.3 is 10.6 Å². The van der Waals surface area contributed by atoms with Gasteiger partial charge in [-0.15, -0.1) is 0 Å². The Hall–Kier alpha value is -1.06. The first kappa shape index (κ1) is 16.3. The predicted octanol–water partition coefficient (Wildman–Crippen LogP) is 1.83. The maximum Gasteiger partial charge on any atom is 0.249 e. The smallest absolute Gasteiger partial charge is 0.249 e. The molecule has 1 aliphatic heterocycles. The molecule has 0 fully saturated rings. The van der Waals surface area contributed by atoms with Gasteiger partial charge in [0.1, 0.15) is 0 Å². The molecule has 1 heterocycles. The molecule has 0 radical (unpaired) electrons. The van der Waals surface area contributed by atoms with Crippen LogP contribution in [-0.4, -0.2) is 36.3 Å². The molecule has 1 aromatic rings. The van der Waals surface area contributed by atoms with Crippen molar-refractivity contribution in [2.75, 3.05) is 20.1 Å². The topological polar surface area (TPSA) is 61.4 Å². The second kappa shape index (κ2) is 7.81. The lowest BCUT2D eigenvalue weighted by molar-refractivity contribution is -0.124. The summed E-state index contributed by atoms with van der Waals surface area (Å²) in [6.45, 7) is 0.696. The third kappa shape index (κ3) is 3.98. The fraction of sp³-hybridized carbons (Fsp3) is 0.286. The normalized spacial score (nSPS) is 18.2. The summed E-state index contributed by atoms with van der Waals surface area (Å²) in [5, 5.41) is 5.15. The van der Waals surface area contributed by atoms with E-state index in [0.717, 1.165) is 5.56 Å². The summed E-state index contributed by atoms with van der Waals surface area (Å²) >= 11 is 2.22. The van der Waals surface area contributed by atoms with E-state index in [1.807, 2.05) is 36.4 Å². The highest BCUT2D eigenvalue weighted by Crippen LogP contribution is 2.40. The monoisotopic (exact) mass is 417 g/mol. The molecule has 0 aliphatic carbocycles. The highest BCUT2D eigenvalue weighted by Gasteiger charge is 2.32. The number of rotatable bonds is 5. The van der Waals surface area contributed by atoms with Crippen LogP contribution >= 0.6 is 30.3 Å². The summed E-state index contributed by atoms with van der Waals surface area (Å²) < 4.78 is 2.13. The SMILES string of the molecule is CNC(=O)CNC(=O)C1=CCN(SI)C1c1ccccc1. The van der Waals surface area contributed by atoms with Gasteiger partial charge in [0.25, 0.3) is 0 Å². The van der Waals surface area contributed by atoms with Gasteiger partial charge in [0.05, 0.1) is 12.6 Å². The highest BCUT2D eigenvalue weighted by atomic mass is 127. The molecule has 1 aromatic carbocycles. The molecule has 1 aliphatic rings. The van der Waals surface area contributed by atoms with E-state index in [1.165, 1.54) is 0 Å².